The molecule has 2 N–H and O–H groups in total. The van der Waals surface area contributed by atoms with Crippen molar-refractivity contribution in [3.05, 3.63) is 65.2 Å². The minimum Gasteiger partial charge on any atom is -0.431 e. The molecular formula is C17H11N3O4. The first-order chi connectivity index (χ1) is 11.6. The summed E-state index contributed by atoms with van der Waals surface area (Å²) in [5, 5.41) is 13.6. The molecular weight excluding hydrogens is 310 g/mol. The summed E-state index contributed by atoms with van der Waals surface area (Å²) in [6.07, 6.45) is -1.76. The van der Waals surface area contributed by atoms with Crippen molar-refractivity contribution in [1.29, 1.82) is 5.26 Å². The number of benzene rings is 2. The largest absolute Gasteiger partial charge is 0.431 e. The van der Waals surface area contributed by atoms with Crippen LogP contribution in [0.5, 0.6) is 0 Å². The third-order valence-electron chi connectivity index (χ3n) is 3.41. The number of nitrogens with one attached hydrogen (secondary N) is 2. The predicted molar refractivity (Wildman–Crippen MR) is 82.9 cm³/mol. The number of carbonyl (C=O) groups excluding carboxylic acids is 3. The molecule has 3 amide bonds. The summed E-state index contributed by atoms with van der Waals surface area (Å²) >= 11 is 0. The molecule has 2 aromatic carbocycles. The molecule has 1 atom stereocenters. The fourth-order valence-electron chi connectivity index (χ4n) is 2.25. The minimum absolute atomic E-state index is 0.357. The highest BCUT2D eigenvalue weighted by molar-refractivity contribution is 6.04. The Balaban J connectivity index is 1.72. The normalized spacial score (nSPS) is 16.0. The summed E-state index contributed by atoms with van der Waals surface area (Å²) in [5.74, 6) is -0.880. The third kappa shape index (κ3) is 3.08. The maximum atomic E-state index is 12.2. The van der Waals surface area contributed by atoms with Crippen molar-refractivity contribution in [2.45, 2.75) is 6.10 Å². The molecule has 0 aliphatic carbocycles. The molecule has 3 rings (SSSR count). The van der Waals surface area contributed by atoms with Crippen molar-refractivity contribution in [3.8, 4) is 6.07 Å². The van der Waals surface area contributed by atoms with Crippen LogP contribution in [0.3, 0.4) is 0 Å². The van der Waals surface area contributed by atoms with Crippen molar-refractivity contribution < 1.29 is 19.1 Å². The van der Waals surface area contributed by atoms with Crippen LogP contribution >= 0.6 is 0 Å². The average molecular weight is 321 g/mol. The molecule has 1 unspecified atom stereocenters. The van der Waals surface area contributed by atoms with Crippen LogP contribution < -0.4 is 10.6 Å². The highest BCUT2D eigenvalue weighted by atomic mass is 16.6. The number of rotatable bonds is 3. The fraction of sp³-hybridized carbons (Fsp3) is 0.0588. The molecule has 0 radical (unpaired) electrons. The molecule has 24 heavy (non-hydrogen) atoms. The van der Waals surface area contributed by atoms with E-state index in [4.69, 9.17) is 10.00 Å². The predicted octanol–water partition coefficient (Wildman–Crippen LogP) is 2.12. The Bertz CT molecular complexity index is 868. The van der Waals surface area contributed by atoms with Crippen LogP contribution in [0, 0.1) is 11.3 Å². The van der Waals surface area contributed by atoms with E-state index in [9.17, 15) is 14.4 Å². The lowest BCUT2D eigenvalue weighted by molar-refractivity contribution is -0.123. The van der Waals surface area contributed by atoms with E-state index in [0.29, 0.717) is 22.4 Å². The molecule has 2 aromatic rings. The van der Waals surface area contributed by atoms with E-state index in [1.807, 2.05) is 11.4 Å². The third-order valence-corrected chi connectivity index (χ3v) is 3.41. The van der Waals surface area contributed by atoms with Gasteiger partial charge in [0.05, 0.1) is 11.6 Å². The van der Waals surface area contributed by atoms with E-state index in [1.165, 1.54) is 6.07 Å². The zero-order valence-corrected chi connectivity index (χ0v) is 12.3. The number of carbonyl (C=O) groups is 3. The highest BCUT2D eigenvalue weighted by Gasteiger charge is 2.33. The quantitative estimate of drug-likeness (QED) is 0.900. The van der Waals surface area contributed by atoms with Crippen LogP contribution in [-0.2, 0) is 9.53 Å². The van der Waals surface area contributed by atoms with E-state index < -0.39 is 18.1 Å². The maximum Gasteiger partial charge on any atom is 0.415 e. The van der Waals surface area contributed by atoms with Gasteiger partial charge in [-0.05, 0) is 30.3 Å². The Morgan fingerprint density at radius 2 is 1.92 bits per heavy atom. The molecule has 7 nitrogen and oxygen atoms in total. The summed E-state index contributed by atoms with van der Waals surface area (Å²) < 4.78 is 4.86. The number of hydrogen-bond donors (Lipinski definition) is 2. The van der Waals surface area contributed by atoms with E-state index in [-0.39, 0.29) is 5.91 Å². The van der Waals surface area contributed by atoms with E-state index in [1.54, 1.807) is 42.5 Å². The molecule has 0 bridgehead atoms. The maximum absolute atomic E-state index is 12.2. The number of nitrogens with zero attached hydrogens (tertiary/aromatic N) is 1. The summed E-state index contributed by atoms with van der Waals surface area (Å²) in [6.45, 7) is 0. The Morgan fingerprint density at radius 3 is 2.54 bits per heavy atom. The molecule has 118 valence electrons. The van der Waals surface area contributed by atoms with Crippen LogP contribution in [0.2, 0.25) is 0 Å². The van der Waals surface area contributed by atoms with E-state index in [2.05, 4.69) is 5.32 Å². The van der Waals surface area contributed by atoms with Gasteiger partial charge in [-0.2, -0.15) is 5.26 Å². The summed E-state index contributed by atoms with van der Waals surface area (Å²) in [6, 6.07) is 14.7. The van der Waals surface area contributed by atoms with Crippen molar-refractivity contribution in [2.75, 3.05) is 5.32 Å². The van der Waals surface area contributed by atoms with Crippen LogP contribution in [0.15, 0.2) is 48.5 Å². The zero-order valence-electron chi connectivity index (χ0n) is 12.3. The highest BCUT2D eigenvalue weighted by Crippen LogP contribution is 2.23. The summed E-state index contributed by atoms with van der Waals surface area (Å²) in [7, 11) is 0. The van der Waals surface area contributed by atoms with Gasteiger partial charge in [-0.3, -0.25) is 14.9 Å². The average Bonchev–Trinajstić information content (AvgIpc) is 2.94. The number of imide groups is 1. The minimum atomic E-state index is -0.977. The van der Waals surface area contributed by atoms with Gasteiger partial charge in [0.2, 0.25) is 6.10 Å². The standard InChI is InChI=1S/C17H11N3O4/c18-9-10-2-1-3-12(8-10)15(21)19-13-6-4-11(5-7-13)14-16(22)20-17(23)24-14/h1-8,14H,(H,19,21)(H,20,22,23). The lowest BCUT2D eigenvalue weighted by Crippen LogP contribution is -2.20. The SMILES string of the molecule is N#Cc1cccc(C(=O)Nc2ccc(C3OC(=O)NC3=O)cc2)c1. The Hall–Kier alpha value is -3.66. The van der Waals surface area contributed by atoms with Gasteiger partial charge in [0.1, 0.15) is 0 Å². The molecule has 1 saturated heterocycles. The number of ether oxygens (including phenoxy) is 1. The first kappa shape index (κ1) is 15.2. The van der Waals surface area contributed by atoms with Gasteiger partial charge in [0.15, 0.2) is 0 Å². The monoisotopic (exact) mass is 321 g/mol. The van der Waals surface area contributed by atoms with Crippen molar-refractivity contribution in [1.82, 2.24) is 5.32 Å². The van der Waals surface area contributed by atoms with Crippen LogP contribution in [0.4, 0.5) is 10.5 Å². The van der Waals surface area contributed by atoms with Crippen molar-refractivity contribution in [2.24, 2.45) is 0 Å². The second-order valence-electron chi connectivity index (χ2n) is 5.04. The van der Waals surface area contributed by atoms with Crippen molar-refractivity contribution in [3.63, 3.8) is 0 Å². The zero-order chi connectivity index (χ0) is 17.1. The number of amides is 3. The van der Waals surface area contributed by atoms with Crippen LogP contribution in [0.25, 0.3) is 0 Å². The van der Waals surface area contributed by atoms with E-state index in [0.717, 1.165) is 0 Å². The fourth-order valence-corrected chi connectivity index (χ4v) is 2.25. The second kappa shape index (κ2) is 6.22. The number of nitriles is 1. The van der Waals surface area contributed by atoms with Crippen LogP contribution in [0.1, 0.15) is 27.6 Å². The van der Waals surface area contributed by atoms with Gasteiger partial charge in [0, 0.05) is 16.8 Å². The molecule has 1 aliphatic rings. The molecule has 0 spiro atoms. The first-order valence-corrected chi connectivity index (χ1v) is 7.00. The van der Waals surface area contributed by atoms with E-state index >= 15 is 0 Å². The molecule has 0 saturated carbocycles. The smallest absolute Gasteiger partial charge is 0.415 e. The topological polar surface area (TPSA) is 108 Å². The molecule has 0 aromatic heterocycles. The molecule has 1 fully saturated rings. The summed E-state index contributed by atoms with van der Waals surface area (Å²) in [4.78, 5) is 34.7. The van der Waals surface area contributed by atoms with Crippen LogP contribution in [-0.4, -0.2) is 17.9 Å². The number of hydrogen-bond acceptors (Lipinski definition) is 5. The number of cyclic esters (lactones) is 1. The lowest BCUT2D eigenvalue weighted by Gasteiger charge is -2.09. The van der Waals surface area contributed by atoms with Gasteiger partial charge in [-0.1, -0.05) is 18.2 Å². The Labute approximate surface area is 136 Å². The van der Waals surface area contributed by atoms with Gasteiger partial charge in [-0.15, -0.1) is 0 Å². The Morgan fingerprint density at radius 1 is 1.17 bits per heavy atom. The van der Waals surface area contributed by atoms with Crippen molar-refractivity contribution >= 4 is 23.6 Å². The van der Waals surface area contributed by atoms with Gasteiger partial charge in [-0.25, -0.2) is 4.79 Å². The molecule has 1 aliphatic heterocycles. The second-order valence-corrected chi connectivity index (χ2v) is 5.04. The van der Waals surface area contributed by atoms with Gasteiger partial charge >= 0.3 is 6.09 Å². The lowest BCUT2D eigenvalue weighted by atomic mass is 10.1. The number of alkyl carbamates (subject to hydrolysis) is 1. The molecule has 1 heterocycles. The van der Waals surface area contributed by atoms with Gasteiger partial charge in [0.25, 0.3) is 11.8 Å². The summed E-state index contributed by atoms with van der Waals surface area (Å²) in [5.41, 5.74) is 1.77. The molecule has 7 heteroatoms. The van der Waals surface area contributed by atoms with Gasteiger partial charge < -0.3 is 10.1 Å². The Kier molecular flexibility index (Phi) is 3.95. The first-order valence-electron chi connectivity index (χ1n) is 7.00. The number of anilines is 1.